The SMILES string of the molecule is CCCCCNC(=O)[C@@H](C)N(Cc1ccc(Cl)cc1)C(=O)Cc1ccc(OC)c(OC)c1. The Bertz CT molecular complexity index is 886. The maximum Gasteiger partial charge on any atom is 0.242 e. The summed E-state index contributed by atoms with van der Waals surface area (Å²) in [7, 11) is 3.12. The third-order valence-corrected chi connectivity index (χ3v) is 5.57. The highest BCUT2D eigenvalue weighted by atomic mass is 35.5. The Kier molecular flexibility index (Phi) is 10.3. The van der Waals surface area contributed by atoms with E-state index in [9.17, 15) is 9.59 Å². The molecule has 2 aromatic carbocycles. The van der Waals surface area contributed by atoms with Gasteiger partial charge in [-0.15, -0.1) is 0 Å². The smallest absolute Gasteiger partial charge is 0.242 e. The number of unbranched alkanes of at least 4 members (excludes halogenated alkanes) is 2. The van der Waals surface area contributed by atoms with Gasteiger partial charge < -0.3 is 19.7 Å². The summed E-state index contributed by atoms with van der Waals surface area (Å²) in [6, 6.07) is 12.1. The van der Waals surface area contributed by atoms with Crippen LogP contribution in [0.4, 0.5) is 0 Å². The molecule has 6 nitrogen and oxygen atoms in total. The number of halogens is 1. The minimum atomic E-state index is -0.611. The molecule has 1 N–H and O–H groups in total. The zero-order chi connectivity index (χ0) is 23.5. The second kappa shape index (κ2) is 13.0. The fourth-order valence-electron chi connectivity index (χ4n) is 3.37. The van der Waals surface area contributed by atoms with Gasteiger partial charge in [0, 0.05) is 18.1 Å². The van der Waals surface area contributed by atoms with Gasteiger partial charge in [-0.05, 0) is 48.7 Å². The predicted octanol–water partition coefficient (Wildman–Crippen LogP) is 4.62. The van der Waals surface area contributed by atoms with E-state index in [-0.39, 0.29) is 18.2 Å². The molecule has 0 aliphatic rings. The summed E-state index contributed by atoms with van der Waals surface area (Å²) in [6.07, 6.45) is 3.20. The number of hydrogen-bond donors (Lipinski definition) is 1. The van der Waals surface area contributed by atoms with Crippen LogP contribution in [0.25, 0.3) is 0 Å². The van der Waals surface area contributed by atoms with Crippen LogP contribution in [-0.2, 0) is 22.6 Å². The maximum atomic E-state index is 13.3. The number of nitrogens with one attached hydrogen (secondary N) is 1. The molecule has 0 saturated carbocycles. The Hall–Kier alpha value is -2.73. The molecule has 2 rings (SSSR count). The molecule has 0 radical (unpaired) electrons. The molecule has 0 unspecified atom stereocenters. The molecular formula is C25H33ClN2O4. The monoisotopic (exact) mass is 460 g/mol. The number of carbonyl (C=O) groups excluding carboxylic acids is 2. The van der Waals surface area contributed by atoms with Crippen LogP contribution in [0.15, 0.2) is 42.5 Å². The van der Waals surface area contributed by atoms with Gasteiger partial charge in [-0.3, -0.25) is 9.59 Å². The molecule has 0 saturated heterocycles. The number of carbonyl (C=O) groups is 2. The first-order valence-electron chi connectivity index (χ1n) is 10.9. The highest BCUT2D eigenvalue weighted by Gasteiger charge is 2.26. The van der Waals surface area contributed by atoms with Crippen molar-refractivity contribution in [1.82, 2.24) is 10.2 Å². The van der Waals surface area contributed by atoms with Crippen molar-refractivity contribution in [3.63, 3.8) is 0 Å². The first-order chi connectivity index (χ1) is 15.4. The zero-order valence-corrected chi connectivity index (χ0v) is 20.1. The minimum Gasteiger partial charge on any atom is -0.493 e. The fraction of sp³-hybridized carbons (Fsp3) is 0.440. The highest BCUT2D eigenvalue weighted by molar-refractivity contribution is 6.30. The van der Waals surface area contributed by atoms with Crippen LogP contribution in [0.5, 0.6) is 11.5 Å². The van der Waals surface area contributed by atoms with Crippen LogP contribution in [0.3, 0.4) is 0 Å². The molecule has 2 aromatic rings. The summed E-state index contributed by atoms with van der Waals surface area (Å²) in [4.78, 5) is 27.7. The van der Waals surface area contributed by atoms with Gasteiger partial charge in [0.05, 0.1) is 20.6 Å². The van der Waals surface area contributed by atoms with Gasteiger partial charge in [0.2, 0.25) is 11.8 Å². The van der Waals surface area contributed by atoms with E-state index in [1.54, 1.807) is 50.3 Å². The Balaban J connectivity index is 2.19. The lowest BCUT2D eigenvalue weighted by Crippen LogP contribution is -2.48. The average molecular weight is 461 g/mol. The van der Waals surface area contributed by atoms with Crippen LogP contribution >= 0.6 is 11.6 Å². The van der Waals surface area contributed by atoms with Gasteiger partial charge in [0.15, 0.2) is 11.5 Å². The molecule has 0 fully saturated rings. The molecular weight excluding hydrogens is 428 g/mol. The Morgan fingerprint density at radius 3 is 2.28 bits per heavy atom. The van der Waals surface area contributed by atoms with E-state index in [2.05, 4.69) is 12.2 Å². The quantitative estimate of drug-likeness (QED) is 0.469. The molecule has 0 aliphatic carbocycles. The molecule has 32 heavy (non-hydrogen) atoms. The number of hydrogen-bond acceptors (Lipinski definition) is 4. The van der Waals surface area contributed by atoms with E-state index < -0.39 is 6.04 Å². The van der Waals surface area contributed by atoms with Crippen molar-refractivity contribution in [3.8, 4) is 11.5 Å². The van der Waals surface area contributed by atoms with Gasteiger partial charge in [-0.25, -0.2) is 0 Å². The molecule has 0 aromatic heterocycles. The number of methoxy groups -OCH3 is 2. The summed E-state index contributed by atoms with van der Waals surface area (Å²) in [5, 5.41) is 3.58. The van der Waals surface area contributed by atoms with Crippen LogP contribution in [0, 0.1) is 0 Å². The molecule has 0 aliphatic heterocycles. The van der Waals surface area contributed by atoms with E-state index in [1.807, 2.05) is 18.2 Å². The van der Waals surface area contributed by atoms with Crippen LogP contribution < -0.4 is 14.8 Å². The van der Waals surface area contributed by atoms with Gasteiger partial charge in [0.1, 0.15) is 6.04 Å². The molecule has 174 valence electrons. The van der Waals surface area contributed by atoms with Crippen molar-refractivity contribution in [3.05, 3.63) is 58.6 Å². The van der Waals surface area contributed by atoms with Crippen molar-refractivity contribution in [2.75, 3.05) is 20.8 Å². The maximum absolute atomic E-state index is 13.3. The first-order valence-corrected chi connectivity index (χ1v) is 11.3. The summed E-state index contributed by atoms with van der Waals surface area (Å²) < 4.78 is 10.6. The largest absolute Gasteiger partial charge is 0.493 e. The van der Waals surface area contributed by atoms with E-state index >= 15 is 0 Å². The van der Waals surface area contributed by atoms with E-state index in [0.717, 1.165) is 30.4 Å². The van der Waals surface area contributed by atoms with Crippen molar-refractivity contribution in [1.29, 1.82) is 0 Å². The van der Waals surface area contributed by atoms with Crippen molar-refractivity contribution < 1.29 is 19.1 Å². The number of amides is 2. The number of benzene rings is 2. The van der Waals surface area contributed by atoms with Crippen LogP contribution in [0.1, 0.15) is 44.2 Å². The highest BCUT2D eigenvalue weighted by Crippen LogP contribution is 2.28. The lowest BCUT2D eigenvalue weighted by atomic mass is 10.1. The van der Waals surface area contributed by atoms with Gasteiger partial charge >= 0.3 is 0 Å². The first kappa shape index (κ1) is 25.5. The molecule has 1 atom stereocenters. The number of rotatable bonds is 12. The van der Waals surface area contributed by atoms with Crippen molar-refractivity contribution in [2.45, 2.75) is 52.1 Å². The lowest BCUT2D eigenvalue weighted by Gasteiger charge is -2.29. The predicted molar refractivity (Wildman–Crippen MR) is 127 cm³/mol. The normalized spacial score (nSPS) is 11.5. The molecule has 0 heterocycles. The summed E-state index contributed by atoms with van der Waals surface area (Å²) in [5.41, 5.74) is 1.69. The van der Waals surface area contributed by atoms with Gasteiger partial charge in [-0.1, -0.05) is 49.6 Å². The Morgan fingerprint density at radius 2 is 1.66 bits per heavy atom. The Labute approximate surface area is 195 Å². The van der Waals surface area contributed by atoms with E-state index in [1.165, 1.54) is 0 Å². The third-order valence-electron chi connectivity index (χ3n) is 5.32. The standard InChI is InChI=1S/C25H33ClN2O4/c1-5-6-7-14-27-25(30)18(2)28(17-19-8-11-21(26)12-9-19)24(29)16-20-10-13-22(31-3)23(15-20)32-4/h8-13,15,18H,5-7,14,16-17H2,1-4H3,(H,27,30)/t18-/m1/s1. The molecule has 0 bridgehead atoms. The minimum absolute atomic E-state index is 0.140. The third kappa shape index (κ3) is 7.45. The second-order valence-electron chi connectivity index (χ2n) is 7.69. The topological polar surface area (TPSA) is 67.9 Å². The average Bonchev–Trinajstić information content (AvgIpc) is 2.80. The molecule has 0 spiro atoms. The molecule has 7 heteroatoms. The fourth-order valence-corrected chi connectivity index (χ4v) is 3.50. The van der Waals surface area contributed by atoms with Crippen molar-refractivity contribution >= 4 is 23.4 Å². The number of nitrogens with zero attached hydrogens (tertiary/aromatic N) is 1. The Morgan fingerprint density at radius 1 is 1.00 bits per heavy atom. The van der Waals surface area contributed by atoms with Crippen molar-refractivity contribution in [2.24, 2.45) is 0 Å². The lowest BCUT2D eigenvalue weighted by molar-refractivity contribution is -0.140. The van der Waals surface area contributed by atoms with Crippen LogP contribution in [-0.4, -0.2) is 43.5 Å². The van der Waals surface area contributed by atoms with E-state index in [4.69, 9.17) is 21.1 Å². The summed E-state index contributed by atoms with van der Waals surface area (Å²) >= 11 is 6.00. The summed E-state index contributed by atoms with van der Waals surface area (Å²) in [6.45, 7) is 4.80. The van der Waals surface area contributed by atoms with E-state index in [0.29, 0.717) is 29.6 Å². The zero-order valence-electron chi connectivity index (χ0n) is 19.3. The summed E-state index contributed by atoms with van der Waals surface area (Å²) in [5.74, 6) is 0.851. The number of ether oxygens (including phenoxy) is 2. The van der Waals surface area contributed by atoms with Crippen LogP contribution in [0.2, 0.25) is 5.02 Å². The molecule has 2 amide bonds. The van der Waals surface area contributed by atoms with Gasteiger partial charge in [-0.2, -0.15) is 0 Å². The second-order valence-corrected chi connectivity index (χ2v) is 8.12. The van der Waals surface area contributed by atoms with Gasteiger partial charge in [0.25, 0.3) is 0 Å².